The lowest BCUT2D eigenvalue weighted by atomic mass is 9.91. The first-order chi connectivity index (χ1) is 6.27. The smallest absolute Gasteiger partial charge is 0.115 e. The normalized spacial score (nSPS) is 22.1. The van der Waals surface area contributed by atoms with Gasteiger partial charge >= 0.3 is 0 Å². The summed E-state index contributed by atoms with van der Waals surface area (Å²) in [6.45, 7) is 4.25. The molecule has 1 unspecified atom stereocenters. The second kappa shape index (κ2) is 3.50. The van der Waals surface area contributed by atoms with Crippen molar-refractivity contribution in [3.8, 4) is 0 Å². The third-order valence-electron chi connectivity index (χ3n) is 2.54. The first-order valence-corrected chi connectivity index (χ1v) is 4.72. The molecular weight excluding hydrogens is 159 g/mol. The van der Waals surface area contributed by atoms with Crippen molar-refractivity contribution in [2.45, 2.75) is 19.3 Å². The Hall–Kier alpha value is -0.825. The van der Waals surface area contributed by atoms with Crippen LogP contribution in [0.3, 0.4) is 0 Å². The molecule has 1 N–H and O–H groups in total. The number of nitrogens with one attached hydrogen (secondary N) is 1. The number of rotatable bonds is 0. The highest BCUT2D eigenvalue weighted by Crippen LogP contribution is 2.18. The second-order valence-corrected chi connectivity index (χ2v) is 3.66. The lowest BCUT2D eigenvalue weighted by molar-refractivity contribution is 0.644. The first kappa shape index (κ1) is 8.76. The summed E-state index contributed by atoms with van der Waals surface area (Å²) in [5.74, 6) is 0.522. The molecule has 1 aromatic rings. The topological polar surface area (TPSA) is 24.9 Å². The zero-order valence-corrected chi connectivity index (χ0v) is 7.88. The van der Waals surface area contributed by atoms with Crippen LogP contribution >= 0.6 is 0 Å². The molecule has 2 radical (unpaired) electrons. The van der Waals surface area contributed by atoms with Crippen molar-refractivity contribution in [2.24, 2.45) is 0 Å². The van der Waals surface area contributed by atoms with Crippen molar-refractivity contribution in [1.29, 1.82) is 0 Å². The van der Waals surface area contributed by atoms with E-state index in [-0.39, 0.29) is 0 Å². The van der Waals surface area contributed by atoms with Crippen LogP contribution in [0.4, 0.5) is 0 Å². The van der Waals surface area contributed by atoms with Crippen LogP contribution in [-0.2, 0) is 6.42 Å². The Morgan fingerprint density at radius 1 is 1.62 bits per heavy atom. The molecule has 1 aromatic heterocycles. The summed E-state index contributed by atoms with van der Waals surface area (Å²) in [6.07, 6.45) is 2.76. The summed E-state index contributed by atoms with van der Waals surface area (Å²) in [5.41, 5.74) is 3.28. The predicted octanol–water partition coefficient (Wildman–Crippen LogP) is 0.125. The molecule has 0 spiro atoms. The van der Waals surface area contributed by atoms with E-state index in [4.69, 9.17) is 7.85 Å². The standard InChI is InChI=1S/C10H13BN2/c1-7-5-12-3-2-10-9(7)4-8(11)6-13-10/h4,6-7,12H,2-3,5H2,1H3. The maximum absolute atomic E-state index is 5.71. The van der Waals surface area contributed by atoms with Gasteiger partial charge in [0.25, 0.3) is 0 Å². The Bertz CT molecular complexity index is 312. The summed E-state index contributed by atoms with van der Waals surface area (Å²) < 4.78 is 0. The van der Waals surface area contributed by atoms with Gasteiger partial charge in [0.15, 0.2) is 0 Å². The van der Waals surface area contributed by atoms with Gasteiger partial charge in [-0.15, -0.1) is 0 Å². The van der Waals surface area contributed by atoms with Crippen LogP contribution in [0.25, 0.3) is 0 Å². The van der Waals surface area contributed by atoms with Crippen molar-refractivity contribution in [3.63, 3.8) is 0 Å². The van der Waals surface area contributed by atoms with Gasteiger partial charge < -0.3 is 5.32 Å². The highest BCUT2D eigenvalue weighted by Gasteiger charge is 2.14. The average Bonchev–Trinajstić information content (AvgIpc) is 2.29. The lowest BCUT2D eigenvalue weighted by Crippen LogP contribution is -2.18. The summed E-state index contributed by atoms with van der Waals surface area (Å²) in [5, 5.41) is 3.38. The molecule has 13 heavy (non-hydrogen) atoms. The lowest BCUT2D eigenvalue weighted by Gasteiger charge is -2.11. The minimum absolute atomic E-state index is 0.522. The van der Waals surface area contributed by atoms with E-state index in [9.17, 15) is 0 Å². The van der Waals surface area contributed by atoms with Crippen molar-refractivity contribution in [3.05, 3.63) is 23.5 Å². The molecule has 0 amide bonds. The Morgan fingerprint density at radius 3 is 3.31 bits per heavy atom. The summed E-state index contributed by atoms with van der Waals surface area (Å²) in [6, 6.07) is 2.06. The molecule has 2 heterocycles. The van der Waals surface area contributed by atoms with E-state index < -0.39 is 0 Å². The summed E-state index contributed by atoms with van der Waals surface area (Å²) >= 11 is 0. The molecule has 0 saturated heterocycles. The summed E-state index contributed by atoms with van der Waals surface area (Å²) in [4.78, 5) is 4.36. The molecule has 0 aliphatic carbocycles. The number of hydrogen-bond acceptors (Lipinski definition) is 2. The molecule has 1 aliphatic heterocycles. The minimum Gasteiger partial charge on any atom is -0.316 e. The zero-order valence-electron chi connectivity index (χ0n) is 7.88. The molecule has 66 valence electrons. The van der Waals surface area contributed by atoms with Crippen molar-refractivity contribution in [1.82, 2.24) is 10.3 Å². The van der Waals surface area contributed by atoms with Gasteiger partial charge in [0.05, 0.1) is 0 Å². The van der Waals surface area contributed by atoms with Crippen LogP contribution in [0.1, 0.15) is 24.1 Å². The third kappa shape index (κ3) is 1.75. The van der Waals surface area contributed by atoms with Crippen LogP contribution < -0.4 is 10.8 Å². The first-order valence-electron chi connectivity index (χ1n) is 4.72. The Balaban J connectivity index is 2.43. The molecule has 1 atom stereocenters. The van der Waals surface area contributed by atoms with Crippen LogP contribution in [0, 0.1) is 0 Å². The number of hydrogen-bond donors (Lipinski definition) is 1. The highest BCUT2D eigenvalue weighted by molar-refractivity contribution is 6.32. The summed E-state index contributed by atoms with van der Waals surface area (Å²) in [7, 11) is 5.71. The fourth-order valence-corrected chi connectivity index (χ4v) is 1.80. The van der Waals surface area contributed by atoms with E-state index in [1.165, 1.54) is 11.3 Å². The van der Waals surface area contributed by atoms with Crippen LogP contribution in [0.5, 0.6) is 0 Å². The van der Waals surface area contributed by atoms with Crippen molar-refractivity contribution in [2.75, 3.05) is 13.1 Å². The fraction of sp³-hybridized carbons (Fsp3) is 0.500. The molecule has 0 fully saturated rings. The van der Waals surface area contributed by atoms with E-state index in [1.54, 1.807) is 6.20 Å². The van der Waals surface area contributed by atoms with Gasteiger partial charge in [-0.3, -0.25) is 4.98 Å². The van der Waals surface area contributed by atoms with E-state index in [1.807, 2.05) is 0 Å². The van der Waals surface area contributed by atoms with Gasteiger partial charge in [0.1, 0.15) is 7.85 Å². The van der Waals surface area contributed by atoms with Crippen LogP contribution in [0.15, 0.2) is 12.3 Å². The molecule has 0 saturated carbocycles. The molecule has 1 aliphatic rings. The Labute approximate surface area is 80.2 Å². The predicted molar refractivity (Wildman–Crippen MR) is 54.6 cm³/mol. The monoisotopic (exact) mass is 172 g/mol. The molecule has 3 heteroatoms. The SMILES string of the molecule is [B]c1cnc2c(c1)C(C)CNCC2. The van der Waals surface area contributed by atoms with Crippen LogP contribution in [0.2, 0.25) is 0 Å². The Morgan fingerprint density at radius 2 is 2.46 bits per heavy atom. The molecule has 0 aromatic carbocycles. The number of aromatic nitrogens is 1. The molecule has 0 bridgehead atoms. The quantitative estimate of drug-likeness (QED) is 0.562. The van der Waals surface area contributed by atoms with Gasteiger partial charge in [-0.05, 0) is 11.5 Å². The Kier molecular flexibility index (Phi) is 2.36. The van der Waals surface area contributed by atoms with E-state index in [0.717, 1.165) is 25.0 Å². The highest BCUT2D eigenvalue weighted by atomic mass is 14.9. The number of nitrogens with zero attached hydrogens (tertiary/aromatic N) is 1. The minimum atomic E-state index is 0.522. The molecular formula is C10H13BN2. The van der Waals surface area contributed by atoms with Gasteiger partial charge in [0.2, 0.25) is 0 Å². The molecule has 2 nitrogen and oxygen atoms in total. The fourth-order valence-electron chi connectivity index (χ4n) is 1.80. The van der Waals surface area contributed by atoms with Crippen LogP contribution in [-0.4, -0.2) is 25.9 Å². The average molecular weight is 172 g/mol. The number of pyridine rings is 1. The third-order valence-corrected chi connectivity index (χ3v) is 2.54. The van der Waals surface area contributed by atoms with E-state index >= 15 is 0 Å². The van der Waals surface area contributed by atoms with E-state index in [0.29, 0.717) is 5.92 Å². The second-order valence-electron chi connectivity index (χ2n) is 3.66. The van der Waals surface area contributed by atoms with Gasteiger partial charge in [-0.25, -0.2) is 0 Å². The van der Waals surface area contributed by atoms with Crippen molar-refractivity contribution < 1.29 is 0 Å². The largest absolute Gasteiger partial charge is 0.316 e. The van der Waals surface area contributed by atoms with E-state index in [2.05, 4.69) is 23.3 Å². The van der Waals surface area contributed by atoms with Gasteiger partial charge in [-0.2, -0.15) is 0 Å². The maximum Gasteiger partial charge on any atom is 0.115 e. The number of fused-ring (bicyclic) bond motifs is 1. The van der Waals surface area contributed by atoms with Gasteiger partial charge in [0, 0.05) is 31.4 Å². The molecule has 2 rings (SSSR count). The maximum atomic E-state index is 5.71. The van der Waals surface area contributed by atoms with Gasteiger partial charge in [-0.1, -0.05) is 18.5 Å². The zero-order chi connectivity index (χ0) is 9.26. The van der Waals surface area contributed by atoms with Crippen molar-refractivity contribution >= 4 is 13.3 Å².